The van der Waals surface area contributed by atoms with Crippen molar-refractivity contribution in [1.82, 2.24) is 19.8 Å². The average Bonchev–Trinajstić information content (AvgIpc) is 3.16. The van der Waals surface area contributed by atoms with E-state index in [0.717, 1.165) is 48.6 Å². The van der Waals surface area contributed by atoms with Gasteiger partial charge in [-0.25, -0.2) is 0 Å². The number of hydrogen-bond donors (Lipinski definition) is 1. The molecule has 26 heavy (non-hydrogen) atoms. The van der Waals surface area contributed by atoms with E-state index in [4.69, 9.17) is 6.42 Å². The Bertz CT molecular complexity index is 981. The number of terminal acetylenes is 1. The first-order valence-electron chi connectivity index (χ1n) is 8.52. The molecule has 0 spiro atoms. The van der Waals surface area contributed by atoms with Crippen molar-refractivity contribution in [3.8, 4) is 12.3 Å². The fourth-order valence-electron chi connectivity index (χ4n) is 3.19. The third-order valence-electron chi connectivity index (χ3n) is 4.63. The van der Waals surface area contributed by atoms with E-state index in [1.807, 2.05) is 36.4 Å². The lowest BCUT2D eigenvalue weighted by Crippen LogP contribution is -2.38. The van der Waals surface area contributed by atoms with Crippen molar-refractivity contribution in [2.24, 2.45) is 5.92 Å². The van der Waals surface area contributed by atoms with Crippen LogP contribution in [0.5, 0.6) is 0 Å². The number of rotatable bonds is 3. The van der Waals surface area contributed by atoms with Gasteiger partial charge in [-0.1, -0.05) is 12.0 Å². The van der Waals surface area contributed by atoms with Crippen LogP contribution in [0.1, 0.15) is 18.4 Å². The lowest BCUT2D eigenvalue weighted by atomic mass is 9.95. The van der Waals surface area contributed by atoms with Gasteiger partial charge in [0.25, 0.3) is 0 Å². The van der Waals surface area contributed by atoms with Crippen LogP contribution in [0.25, 0.3) is 5.65 Å². The average molecular weight is 346 g/mol. The quantitative estimate of drug-likeness (QED) is 0.734. The van der Waals surface area contributed by atoms with Gasteiger partial charge >= 0.3 is 0 Å². The minimum atomic E-state index is -0.0145. The van der Waals surface area contributed by atoms with Crippen LogP contribution < -0.4 is 10.2 Å². The van der Waals surface area contributed by atoms with Crippen LogP contribution in [0.2, 0.25) is 0 Å². The molecule has 7 nitrogen and oxygen atoms in total. The van der Waals surface area contributed by atoms with Crippen molar-refractivity contribution in [1.29, 1.82) is 0 Å². The zero-order valence-corrected chi connectivity index (χ0v) is 14.2. The Kier molecular flexibility index (Phi) is 4.23. The number of piperidine rings is 1. The first-order valence-corrected chi connectivity index (χ1v) is 8.52. The van der Waals surface area contributed by atoms with E-state index in [9.17, 15) is 4.79 Å². The maximum Gasteiger partial charge on any atom is 0.227 e. The molecule has 1 amide bonds. The summed E-state index contributed by atoms with van der Waals surface area (Å²) in [5.41, 5.74) is 2.22. The number of carbonyl (C=O) groups is 1. The monoisotopic (exact) mass is 346 g/mol. The highest BCUT2D eigenvalue weighted by atomic mass is 16.1. The second-order valence-corrected chi connectivity index (χ2v) is 6.30. The van der Waals surface area contributed by atoms with E-state index >= 15 is 0 Å². The molecule has 1 N–H and O–H groups in total. The summed E-state index contributed by atoms with van der Waals surface area (Å²) in [7, 11) is 0. The molecule has 0 unspecified atom stereocenters. The minimum absolute atomic E-state index is 0.0145. The molecule has 0 saturated carbocycles. The van der Waals surface area contributed by atoms with Crippen molar-refractivity contribution < 1.29 is 4.79 Å². The van der Waals surface area contributed by atoms with Crippen LogP contribution in [0.4, 0.5) is 11.5 Å². The Morgan fingerprint density at radius 3 is 2.88 bits per heavy atom. The van der Waals surface area contributed by atoms with Crippen LogP contribution in [0.3, 0.4) is 0 Å². The predicted molar refractivity (Wildman–Crippen MR) is 98.7 cm³/mol. The van der Waals surface area contributed by atoms with Crippen LogP contribution in [0, 0.1) is 18.3 Å². The fourth-order valence-corrected chi connectivity index (χ4v) is 3.19. The normalized spacial score (nSPS) is 15.0. The number of nitrogens with one attached hydrogen (secondary N) is 1. The van der Waals surface area contributed by atoms with Gasteiger partial charge in [0.1, 0.15) is 12.1 Å². The second kappa shape index (κ2) is 6.84. The number of amides is 1. The predicted octanol–water partition coefficient (Wildman–Crippen LogP) is 1.96. The fraction of sp³-hybridized carbons (Fsp3) is 0.263. The number of fused-ring (bicyclic) bond motifs is 1. The molecule has 0 atom stereocenters. The maximum atomic E-state index is 12.5. The van der Waals surface area contributed by atoms with Gasteiger partial charge in [-0.05, 0) is 43.2 Å². The van der Waals surface area contributed by atoms with Gasteiger partial charge in [0.15, 0.2) is 5.65 Å². The van der Waals surface area contributed by atoms with Crippen molar-refractivity contribution in [3.63, 3.8) is 0 Å². The summed E-state index contributed by atoms with van der Waals surface area (Å²) in [6.45, 7) is 1.56. The van der Waals surface area contributed by atoms with E-state index < -0.39 is 0 Å². The van der Waals surface area contributed by atoms with Crippen molar-refractivity contribution in [2.75, 3.05) is 23.3 Å². The Labute approximate surface area is 151 Å². The van der Waals surface area contributed by atoms with Gasteiger partial charge in [-0.3, -0.25) is 4.79 Å². The molecule has 4 rings (SSSR count). The van der Waals surface area contributed by atoms with Crippen molar-refractivity contribution in [3.05, 3.63) is 48.3 Å². The first-order chi connectivity index (χ1) is 12.7. The topological polar surface area (TPSA) is 75.4 Å². The van der Waals surface area contributed by atoms with Crippen molar-refractivity contribution >= 4 is 23.1 Å². The van der Waals surface area contributed by atoms with Gasteiger partial charge in [-0.2, -0.15) is 4.52 Å². The van der Waals surface area contributed by atoms with E-state index in [1.54, 1.807) is 10.8 Å². The number of anilines is 2. The Morgan fingerprint density at radius 1 is 1.23 bits per heavy atom. The smallest absolute Gasteiger partial charge is 0.227 e. The molecule has 1 aromatic carbocycles. The standard InChI is InChI=1S/C19H18N6O/c1-2-14-4-3-5-16(12-14)21-19(26)15-8-10-24(11-9-15)18-7-6-17-22-20-13-25(17)23-18/h1,3-7,12-13,15H,8-11H2,(H,21,26). The van der Waals surface area contributed by atoms with Crippen LogP contribution in [0.15, 0.2) is 42.7 Å². The van der Waals surface area contributed by atoms with E-state index in [2.05, 4.69) is 31.4 Å². The largest absolute Gasteiger partial charge is 0.355 e. The SMILES string of the molecule is C#Cc1cccc(NC(=O)C2CCN(c3ccc4nncn4n3)CC2)c1. The van der Waals surface area contributed by atoms with E-state index in [0.29, 0.717) is 0 Å². The van der Waals surface area contributed by atoms with Gasteiger partial charge < -0.3 is 10.2 Å². The number of aromatic nitrogens is 4. The molecule has 1 aliphatic rings. The third kappa shape index (κ3) is 3.22. The van der Waals surface area contributed by atoms with E-state index in [1.165, 1.54) is 0 Å². The Hall–Kier alpha value is -3.40. The number of benzene rings is 1. The highest BCUT2D eigenvalue weighted by Crippen LogP contribution is 2.23. The van der Waals surface area contributed by atoms with Crippen molar-refractivity contribution in [2.45, 2.75) is 12.8 Å². The zero-order chi connectivity index (χ0) is 17.9. The molecule has 0 radical (unpaired) electrons. The minimum Gasteiger partial charge on any atom is -0.355 e. The molecular formula is C19H18N6O. The summed E-state index contributed by atoms with van der Waals surface area (Å²) in [4.78, 5) is 14.7. The molecule has 7 heteroatoms. The second-order valence-electron chi connectivity index (χ2n) is 6.30. The number of carbonyl (C=O) groups excluding carboxylic acids is 1. The maximum absolute atomic E-state index is 12.5. The highest BCUT2D eigenvalue weighted by molar-refractivity contribution is 5.92. The Balaban J connectivity index is 1.38. The molecule has 3 heterocycles. The molecule has 3 aromatic rings. The summed E-state index contributed by atoms with van der Waals surface area (Å²) in [6.07, 6.45) is 8.55. The molecule has 130 valence electrons. The van der Waals surface area contributed by atoms with Gasteiger partial charge in [-0.15, -0.1) is 21.7 Å². The lowest BCUT2D eigenvalue weighted by Gasteiger charge is -2.32. The van der Waals surface area contributed by atoms with Gasteiger partial charge in [0.2, 0.25) is 5.91 Å². The van der Waals surface area contributed by atoms with Crippen LogP contribution in [-0.4, -0.2) is 38.8 Å². The molecular weight excluding hydrogens is 328 g/mol. The molecule has 1 aliphatic heterocycles. The lowest BCUT2D eigenvalue weighted by molar-refractivity contribution is -0.120. The molecule has 0 aliphatic carbocycles. The summed E-state index contributed by atoms with van der Waals surface area (Å²) in [5.74, 6) is 3.48. The zero-order valence-electron chi connectivity index (χ0n) is 14.2. The first kappa shape index (κ1) is 16.1. The van der Waals surface area contributed by atoms with E-state index in [-0.39, 0.29) is 11.8 Å². The molecule has 2 aromatic heterocycles. The highest BCUT2D eigenvalue weighted by Gasteiger charge is 2.26. The molecule has 1 fully saturated rings. The Morgan fingerprint density at radius 2 is 2.08 bits per heavy atom. The summed E-state index contributed by atoms with van der Waals surface area (Å²) < 4.78 is 1.66. The van der Waals surface area contributed by atoms with Gasteiger partial charge in [0.05, 0.1) is 0 Å². The summed E-state index contributed by atoms with van der Waals surface area (Å²) in [5, 5.41) is 15.3. The number of nitrogens with zero attached hydrogens (tertiary/aromatic N) is 5. The summed E-state index contributed by atoms with van der Waals surface area (Å²) in [6, 6.07) is 11.2. The molecule has 0 bridgehead atoms. The number of hydrogen-bond acceptors (Lipinski definition) is 5. The van der Waals surface area contributed by atoms with Crippen LogP contribution >= 0.6 is 0 Å². The van der Waals surface area contributed by atoms with Crippen LogP contribution in [-0.2, 0) is 4.79 Å². The summed E-state index contributed by atoms with van der Waals surface area (Å²) >= 11 is 0. The van der Waals surface area contributed by atoms with Gasteiger partial charge in [0, 0.05) is 30.3 Å². The molecule has 1 saturated heterocycles. The third-order valence-corrected chi connectivity index (χ3v) is 4.63.